The number of aliphatic hydroxyl groups excluding tert-OH is 1. The van der Waals surface area contributed by atoms with E-state index in [4.69, 9.17) is 24.7 Å². The molecule has 2 aliphatic heterocycles. The van der Waals surface area contributed by atoms with Gasteiger partial charge in [0.15, 0.2) is 6.10 Å². The number of allylic oxidation sites excluding steroid dienone is 4. The van der Waals surface area contributed by atoms with Gasteiger partial charge in [-0.25, -0.2) is 4.79 Å². The van der Waals surface area contributed by atoms with Crippen LogP contribution in [0, 0.1) is 17.8 Å². The number of hydrogen-bond donors (Lipinski definition) is 4. The summed E-state index contributed by atoms with van der Waals surface area (Å²) in [7, 11) is 2.93. The van der Waals surface area contributed by atoms with Crippen molar-refractivity contribution in [3.8, 4) is 0 Å². The van der Waals surface area contributed by atoms with E-state index in [1.807, 2.05) is 13.1 Å². The predicted molar refractivity (Wildman–Crippen MR) is 190 cm³/mol. The molecule has 3 aliphatic rings. The van der Waals surface area contributed by atoms with Gasteiger partial charge in [0.25, 0.3) is 5.91 Å². The number of nitrogens with two attached hydrogens (primary N) is 1. The molecular weight excluding hydrogens is 672 g/mol. The van der Waals surface area contributed by atoms with Crippen molar-refractivity contribution in [2.75, 3.05) is 27.4 Å². The van der Waals surface area contributed by atoms with E-state index in [0.29, 0.717) is 30.2 Å². The highest BCUT2D eigenvalue weighted by Crippen LogP contribution is 2.29. The Labute approximate surface area is 304 Å². The molecule has 2 bridgehead atoms. The Balaban J connectivity index is 1.65. The monoisotopic (exact) mass is 724 g/mol. The first-order chi connectivity index (χ1) is 24.8. The topological polar surface area (TPSA) is 206 Å². The molecule has 6 atom stereocenters. The van der Waals surface area contributed by atoms with Gasteiger partial charge in [0, 0.05) is 57.1 Å². The third-order valence-corrected chi connectivity index (χ3v) is 9.61. The third kappa shape index (κ3) is 10.8. The highest BCUT2D eigenvalue weighted by molar-refractivity contribution is 6.23. The van der Waals surface area contributed by atoms with Gasteiger partial charge in [0.2, 0.25) is 11.6 Å². The quantitative estimate of drug-likeness (QED) is 0.226. The van der Waals surface area contributed by atoms with Crippen LogP contribution in [-0.4, -0.2) is 95.5 Å². The largest absolute Gasteiger partial charge is 0.439 e. The minimum absolute atomic E-state index is 0.113. The molecule has 1 fully saturated rings. The Hall–Kier alpha value is -4.44. The average molecular weight is 725 g/mol. The minimum atomic E-state index is -1.01. The Kier molecular flexibility index (Phi) is 14.6. The van der Waals surface area contributed by atoms with Gasteiger partial charge in [-0.1, -0.05) is 43.4 Å². The molecule has 15 nitrogen and oxygen atoms in total. The van der Waals surface area contributed by atoms with Gasteiger partial charge < -0.3 is 40.4 Å². The lowest BCUT2D eigenvalue weighted by Crippen LogP contribution is -2.37. The second kappa shape index (κ2) is 18.9. The summed E-state index contributed by atoms with van der Waals surface area (Å²) in [6.45, 7) is 9.31. The molecule has 0 spiro atoms. The lowest BCUT2D eigenvalue weighted by molar-refractivity contribution is -0.120. The van der Waals surface area contributed by atoms with Gasteiger partial charge in [0.05, 0.1) is 36.3 Å². The molecule has 15 heteroatoms. The number of carbonyl (C=O) groups is 4. The Morgan fingerprint density at radius 1 is 1.15 bits per heavy atom. The van der Waals surface area contributed by atoms with Crippen molar-refractivity contribution in [1.29, 1.82) is 0 Å². The zero-order valence-electron chi connectivity index (χ0n) is 30.8. The van der Waals surface area contributed by atoms with Crippen LogP contribution < -0.4 is 16.4 Å². The van der Waals surface area contributed by atoms with E-state index < -0.39 is 53.9 Å². The van der Waals surface area contributed by atoms with Crippen LogP contribution in [0.1, 0.15) is 59.1 Å². The first-order valence-corrected chi connectivity index (χ1v) is 17.6. The zero-order valence-corrected chi connectivity index (χ0v) is 30.8. The smallest absolute Gasteiger partial charge is 0.405 e. The molecule has 284 valence electrons. The van der Waals surface area contributed by atoms with Crippen LogP contribution in [0.3, 0.4) is 0 Å². The second-order valence-corrected chi connectivity index (χ2v) is 13.8. The second-order valence-electron chi connectivity index (χ2n) is 13.8. The summed E-state index contributed by atoms with van der Waals surface area (Å²) in [5, 5.41) is 25.7. The SMILES string of the molecule is CO[C@H]1/C=C\C=C(/C)C(=O)NC2=CC(=O)C(NCc3cn(CC4CCOCC4)nn3)=C(C[C@@H](C)C[C@H](OC)[C@H](O)[C@@H](C)/C=C(\C)[C@@H]1OC(N)=O)C2=O. The normalized spacial score (nSPS) is 30.1. The van der Waals surface area contributed by atoms with E-state index in [-0.39, 0.29) is 41.4 Å². The van der Waals surface area contributed by atoms with Crippen molar-refractivity contribution in [2.24, 2.45) is 23.5 Å². The fourth-order valence-electron chi connectivity index (χ4n) is 6.66. The molecule has 1 saturated heterocycles. The maximum absolute atomic E-state index is 14.0. The van der Waals surface area contributed by atoms with Gasteiger partial charge in [0.1, 0.15) is 11.8 Å². The maximum atomic E-state index is 14.0. The van der Waals surface area contributed by atoms with E-state index in [2.05, 4.69) is 20.9 Å². The van der Waals surface area contributed by atoms with Crippen molar-refractivity contribution in [3.05, 3.63) is 70.4 Å². The van der Waals surface area contributed by atoms with Gasteiger partial charge in [-0.05, 0) is 56.9 Å². The molecule has 1 aromatic rings. The molecule has 52 heavy (non-hydrogen) atoms. The number of nitrogens with one attached hydrogen (secondary N) is 2. The molecular formula is C37H52N6O9. The summed E-state index contributed by atoms with van der Waals surface area (Å²) in [6.07, 6.45) is 7.34. The summed E-state index contributed by atoms with van der Waals surface area (Å²) < 4.78 is 24.0. The van der Waals surface area contributed by atoms with Crippen LogP contribution in [0.15, 0.2) is 64.7 Å². The molecule has 1 aromatic heterocycles. The van der Waals surface area contributed by atoms with Crippen molar-refractivity contribution in [1.82, 2.24) is 25.6 Å². The van der Waals surface area contributed by atoms with Gasteiger partial charge in [-0.15, -0.1) is 5.10 Å². The fourth-order valence-corrected chi connectivity index (χ4v) is 6.66. The first kappa shape index (κ1) is 40.3. The van der Waals surface area contributed by atoms with E-state index in [1.165, 1.54) is 20.3 Å². The third-order valence-electron chi connectivity index (χ3n) is 9.61. The van der Waals surface area contributed by atoms with Gasteiger partial charge in [-0.2, -0.15) is 0 Å². The number of ether oxygens (including phenoxy) is 4. The van der Waals surface area contributed by atoms with E-state index in [1.54, 1.807) is 43.7 Å². The molecule has 0 saturated carbocycles. The Morgan fingerprint density at radius 2 is 1.88 bits per heavy atom. The number of primary amides is 1. The lowest BCUT2D eigenvalue weighted by Gasteiger charge is -2.30. The summed E-state index contributed by atoms with van der Waals surface area (Å²) in [4.78, 5) is 52.7. The fraction of sp³-hybridized carbons (Fsp3) is 0.568. The highest BCUT2D eigenvalue weighted by atomic mass is 16.6. The molecule has 2 amide bonds. The van der Waals surface area contributed by atoms with E-state index in [0.717, 1.165) is 32.1 Å². The van der Waals surface area contributed by atoms with Crippen molar-refractivity contribution >= 4 is 23.6 Å². The predicted octanol–water partition coefficient (Wildman–Crippen LogP) is 2.57. The molecule has 4 rings (SSSR count). The maximum Gasteiger partial charge on any atom is 0.405 e. The van der Waals surface area contributed by atoms with Crippen molar-refractivity contribution in [2.45, 2.75) is 90.9 Å². The number of nitrogens with zero attached hydrogens (tertiary/aromatic N) is 3. The van der Waals surface area contributed by atoms with Crippen LogP contribution in [0.25, 0.3) is 0 Å². The molecule has 3 heterocycles. The molecule has 1 aliphatic carbocycles. The van der Waals surface area contributed by atoms with E-state index in [9.17, 15) is 24.3 Å². The number of aliphatic hydroxyl groups is 1. The van der Waals surface area contributed by atoms with Crippen LogP contribution in [0.4, 0.5) is 4.79 Å². The highest BCUT2D eigenvalue weighted by Gasteiger charge is 2.33. The minimum Gasteiger partial charge on any atom is -0.439 e. The van der Waals surface area contributed by atoms with Crippen LogP contribution in [-0.2, 0) is 46.4 Å². The van der Waals surface area contributed by atoms with Gasteiger partial charge >= 0.3 is 6.09 Å². The summed E-state index contributed by atoms with van der Waals surface area (Å²) in [6, 6.07) is 0. The van der Waals surface area contributed by atoms with Crippen LogP contribution in [0.2, 0.25) is 0 Å². The van der Waals surface area contributed by atoms with Crippen LogP contribution >= 0.6 is 0 Å². The number of amides is 2. The summed E-state index contributed by atoms with van der Waals surface area (Å²) >= 11 is 0. The number of rotatable bonds is 8. The first-order valence-electron chi connectivity index (χ1n) is 17.6. The lowest BCUT2D eigenvalue weighted by atomic mass is 9.85. The molecule has 0 aromatic carbocycles. The number of hydrogen-bond acceptors (Lipinski definition) is 12. The molecule has 5 N–H and O–H groups in total. The standard InChI is InChI=1S/C37H52N6O9/c1-21-14-27-32(39-18-26-20-43(42-41-26)19-25-10-12-51-13-11-25)29(44)17-28(34(27)46)40-36(47)22(2)8-7-9-30(49-5)35(52-37(38)48)24(4)16-23(3)33(45)31(15-21)50-6/h7-9,16-17,20-21,23,25,30-31,33,35,39,45H,10-15,18-19H2,1-6H3,(H2,38,48)(H,40,47)/b9-7-,22-8+,24-16+/t21-,23+,30+,31+,33-,35+/m1/s1. The van der Waals surface area contributed by atoms with Crippen molar-refractivity contribution in [3.63, 3.8) is 0 Å². The van der Waals surface area contributed by atoms with Gasteiger partial charge in [-0.3, -0.25) is 19.1 Å². The Bertz CT molecular complexity index is 1620. The number of aromatic nitrogens is 3. The number of carbonyl (C=O) groups excluding carboxylic acids is 4. The number of ketones is 2. The number of Topliss-reactive ketones (excluding diaryl/α,β-unsaturated/α-hetero) is 1. The zero-order chi connectivity index (χ0) is 37.9. The van der Waals surface area contributed by atoms with E-state index >= 15 is 0 Å². The Morgan fingerprint density at radius 3 is 2.56 bits per heavy atom. The number of methoxy groups -OCH3 is 2. The molecule has 0 radical (unpaired) electrons. The van der Waals surface area contributed by atoms with Crippen LogP contribution in [0.5, 0.6) is 0 Å². The number of fused-ring (bicyclic) bond motifs is 2. The van der Waals surface area contributed by atoms with Crippen molar-refractivity contribution < 1.29 is 43.2 Å². The average Bonchev–Trinajstić information content (AvgIpc) is 3.56. The molecule has 0 unspecified atom stereocenters. The summed E-state index contributed by atoms with van der Waals surface area (Å²) in [5.41, 5.74) is 6.96. The summed E-state index contributed by atoms with van der Waals surface area (Å²) in [5.74, 6) is -1.84.